The Morgan fingerprint density at radius 1 is 0.341 bits per heavy atom. The summed E-state index contributed by atoms with van der Waals surface area (Å²) in [5.41, 5.74) is 0. The Kier molecular flexibility index (Phi) is 68.8. The first-order valence-corrected chi connectivity index (χ1v) is 39.0. The summed E-state index contributed by atoms with van der Waals surface area (Å²) in [5.74, 6) is -1.97. The molecule has 0 aromatic rings. The number of quaternary nitrogens is 1. The molecule has 1 N–H and O–H groups in total. The molecule has 0 rings (SSSR count). The molecule has 0 bridgehead atoms. The lowest BCUT2D eigenvalue weighted by Crippen LogP contribution is -2.40. The quantitative estimate of drug-likeness (QED) is 0.0211. The first-order chi connectivity index (χ1) is 43.1. The third-order valence-electron chi connectivity index (χ3n) is 18.0. The van der Waals surface area contributed by atoms with Crippen LogP contribution in [0.3, 0.4) is 0 Å². The summed E-state index contributed by atoms with van der Waals surface area (Å²) >= 11 is 0. The van der Waals surface area contributed by atoms with E-state index in [9.17, 15) is 19.5 Å². The molecule has 0 saturated carbocycles. The number of esters is 2. The number of carboxylic acid groups (broad SMARTS) is 1. The molecule has 0 fully saturated rings. The maximum Gasteiger partial charge on any atom is 0.361 e. The molecule has 0 amide bonds. The molecule has 88 heavy (non-hydrogen) atoms. The average Bonchev–Trinajstić information content (AvgIpc) is 3.54. The van der Waals surface area contributed by atoms with Crippen molar-refractivity contribution in [3.8, 4) is 0 Å². The van der Waals surface area contributed by atoms with Gasteiger partial charge >= 0.3 is 17.9 Å². The molecule has 0 aliphatic rings. The van der Waals surface area contributed by atoms with Crippen LogP contribution in [0, 0.1) is 0 Å². The molecule has 0 aliphatic carbocycles. The van der Waals surface area contributed by atoms with E-state index in [1.807, 2.05) is 21.1 Å². The lowest BCUT2D eigenvalue weighted by Gasteiger charge is -2.25. The van der Waals surface area contributed by atoms with E-state index in [1.54, 1.807) is 0 Å². The molecule has 0 aromatic carbocycles. The first-order valence-electron chi connectivity index (χ1n) is 39.0. The van der Waals surface area contributed by atoms with Gasteiger partial charge in [0.15, 0.2) is 6.10 Å². The molecule has 2 unspecified atom stereocenters. The van der Waals surface area contributed by atoms with Gasteiger partial charge in [-0.3, -0.25) is 9.59 Å². The monoisotopic (exact) mass is 1240 g/mol. The Balaban J connectivity index is 3.96. The second-order valence-electron chi connectivity index (χ2n) is 28.0. The number of hydrogen-bond acceptors (Lipinski definition) is 7. The predicted octanol–water partition coefficient (Wildman–Crippen LogP) is 24.5. The van der Waals surface area contributed by atoms with Crippen LogP contribution in [-0.4, -0.2) is 87.4 Å². The zero-order valence-corrected chi connectivity index (χ0v) is 59.7. The van der Waals surface area contributed by atoms with Gasteiger partial charge in [0.1, 0.15) is 13.2 Å². The molecule has 0 heterocycles. The number of carbonyl (C=O) groups excluding carboxylic acids is 2. The van der Waals surface area contributed by atoms with Gasteiger partial charge < -0.3 is 28.5 Å². The Labute approximate surface area is 548 Å². The van der Waals surface area contributed by atoms with E-state index in [2.05, 4.69) is 38.2 Å². The smallest absolute Gasteiger partial charge is 0.361 e. The maximum absolute atomic E-state index is 13.0. The Hall–Kier alpha value is -2.23. The van der Waals surface area contributed by atoms with Crippen molar-refractivity contribution in [2.75, 3.05) is 47.5 Å². The van der Waals surface area contributed by atoms with Crippen molar-refractivity contribution >= 4 is 17.9 Å². The Morgan fingerprint density at radius 2 is 0.614 bits per heavy atom. The first kappa shape index (κ1) is 85.8. The van der Waals surface area contributed by atoms with E-state index in [0.29, 0.717) is 17.4 Å². The summed E-state index contributed by atoms with van der Waals surface area (Å²) in [5, 5.41) is 9.76. The van der Waals surface area contributed by atoms with Crippen molar-refractivity contribution in [2.45, 2.75) is 418 Å². The predicted molar refractivity (Wildman–Crippen MR) is 378 cm³/mol. The summed E-state index contributed by atoms with van der Waals surface area (Å²) in [6.45, 7) is 4.96. The number of nitrogens with zero attached hydrogens (tertiary/aromatic N) is 1. The highest BCUT2D eigenvalue weighted by molar-refractivity contribution is 5.71. The fourth-order valence-corrected chi connectivity index (χ4v) is 12.0. The lowest BCUT2D eigenvalue weighted by molar-refractivity contribution is -0.870. The van der Waals surface area contributed by atoms with E-state index in [4.69, 9.17) is 18.9 Å². The number of aliphatic carboxylic acids is 1. The van der Waals surface area contributed by atoms with Crippen LogP contribution in [-0.2, 0) is 33.3 Å². The van der Waals surface area contributed by atoms with Crippen LogP contribution in [0.15, 0.2) is 24.3 Å². The van der Waals surface area contributed by atoms with E-state index in [0.717, 1.165) is 44.9 Å². The van der Waals surface area contributed by atoms with Crippen molar-refractivity contribution in [1.29, 1.82) is 0 Å². The fraction of sp³-hybridized carbons (Fsp3) is 0.911. The van der Waals surface area contributed by atoms with Gasteiger partial charge in [0.2, 0.25) is 0 Å². The summed E-state index contributed by atoms with van der Waals surface area (Å²) in [4.78, 5) is 37.7. The van der Waals surface area contributed by atoms with E-state index in [-0.39, 0.29) is 38.2 Å². The van der Waals surface area contributed by atoms with Crippen LogP contribution in [0.1, 0.15) is 406 Å². The van der Waals surface area contributed by atoms with Crippen molar-refractivity contribution in [3.05, 3.63) is 24.3 Å². The average molecular weight is 1240 g/mol. The van der Waals surface area contributed by atoms with Gasteiger partial charge in [-0.25, -0.2) is 4.79 Å². The van der Waals surface area contributed by atoms with Crippen molar-refractivity contribution in [1.82, 2.24) is 0 Å². The van der Waals surface area contributed by atoms with Crippen molar-refractivity contribution in [2.24, 2.45) is 0 Å². The van der Waals surface area contributed by atoms with Gasteiger partial charge in [-0.15, -0.1) is 0 Å². The van der Waals surface area contributed by atoms with Crippen LogP contribution < -0.4 is 0 Å². The van der Waals surface area contributed by atoms with E-state index < -0.39 is 18.4 Å². The summed E-state index contributed by atoms with van der Waals surface area (Å²) in [7, 11) is 6.00. The molecule has 0 spiro atoms. The third-order valence-corrected chi connectivity index (χ3v) is 18.0. The highest BCUT2D eigenvalue weighted by atomic mass is 16.7. The van der Waals surface area contributed by atoms with Crippen molar-refractivity contribution in [3.63, 3.8) is 0 Å². The summed E-state index contributed by atoms with van der Waals surface area (Å²) in [6, 6.07) is 0. The van der Waals surface area contributed by atoms with Gasteiger partial charge in [0, 0.05) is 12.8 Å². The second-order valence-corrected chi connectivity index (χ2v) is 28.0. The number of likely N-dealkylation sites (N-methyl/N-ethyl adjacent to an activating group) is 1. The molecular weight excluding hydrogens is 1090 g/mol. The molecule has 2 atom stereocenters. The highest BCUT2D eigenvalue weighted by Crippen LogP contribution is 2.20. The van der Waals surface area contributed by atoms with Gasteiger partial charge in [0.05, 0.1) is 34.4 Å². The highest BCUT2D eigenvalue weighted by Gasteiger charge is 2.25. The van der Waals surface area contributed by atoms with E-state index in [1.165, 1.54) is 334 Å². The lowest BCUT2D eigenvalue weighted by atomic mass is 10.0. The molecular formula is C79H152NO8+. The molecule has 0 saturated heterocycles. The van der Waals surface area contributed by atoms with Crippen LogP contribution >= 0.6 is 0 Å². The largest absolute Gasteiger partial charge is 0.477 e. The topological polar surface area (TPSA) is 108 Å². The minimum atomic E-state index is -1.51. The standard InChI is InChI=1S/C79H151NO8/c1-6-8-10-12-14-16-18-20-22-24-26-28-30-32-34-35-36-37-38-39-40-41-42-43-44-46-48-50-52-54-56-58-60-62-64-66-68-70-77(82)88-75(74-87-79(78(83)84)85-72-71-80(3,4)5)73-86-76(81)69-67-65-63-61-59-57-55-53-51-49-47-45-33-31-29-27-25-23-21-19-17-15-13-11-9-7-2/h18,20,24,26,75,79H,6-17,19,21-23,25,27-74H2,1-5H3/p+1/b20-18-,26-24-. The van der Waals surface area contributed by atoms with Crippen molar-refractivity contribution < 1.29 is 42.9 Å². The minimum absolute atomic E-state index is 0.173. The molecule has 0 aliphatic heterocycles. The number of unbranched alkanes of at least 4 members (excludes halogenated alkanes) is 55. The van der Waals surface area contributed by atoms with Gasteiger partial charge in [-0.1, -0.05) is 372 Å². The van der Waals surface area contributed by atoms with Gasteiger partial charge in [0.25, 0.3) is 6.29 Å². The summed E-state index contributed by atoms with van der Waals surface area (Å²) in [6.07, 6.45) is 86.2. The van der Waals surface area contributed by atoms with E-state index >= 15 is 0 Å². The Bertz CT molecular complexity index is 1490. The third kappa shape index (κ3) is 71.2. The number of carbonyl (C=O) groups is 3. The number of carboxylic acids is 1. The number of allylic oxidation sites excluding steroid dienone is 4. The normalized spacial score (nSPS) is 12.7. The Morgan fingerprint density at radius 3 is 0.898 bits per heavy atom. The molecule has 0 aromatic heterocycles. The SMILES string of the molecule is CCCCCCC/C=C\C/C=C\CCCCCCCCCCCCCCCCCCCCCCCCCCCC(=O)OC(COC(=O)CCCCCCCCCCCCCCCCCCCCCCCCCCCC)COC(OCC[N+](C)(C)C)C(=O)O. The van der Waals surface area contributed by atoms with Crippen LogP contribution in [0.25, 0.3) is 0 Å². The van der Waals surface area contributed by atoms with Gasteiger partial charge in [-0.2, -0.15) is 0 Å². The fourth-order valence-electron chi connectivity index (χ4n) is 12.0. The molecule has 520 valence electrons. The zero-order chi connectivity index (χ0) is 64.0. The van der Waals surface area contributed by atoms with Crippen LogP contribution in [0.4, 0.5) is 0 Å². The molecule has 0 radical (unpaired) electrons. The van der Waals surface area contributed by atoms with Crippen LogP contribution in [0.5, 0.6) is 0 Å². The van der Waals surface area contributed by atoms with Gasteiger partial charge in [-0.05, 0) is 44.9 Å². The molecule has 9 heteroatoms. The number of rotatable bonds is 74. The second kappa shape index (κ2) is 70.6. The molecule has 9 nitrogen and oxygen atoms in total. The summed E-state index contributed by atoms with van der Waals surface area (Å²) < 4.78 is 23.1. The number of hydrogen-bond donors (Lipinski definition) is 1. The minimum Gasteiger partial charge on any atom is -0.477 e. The zero-order valence-electron chi connectivity index (χ0n) is 59.7. The maximum atomic E-state index is 13.0. The number of ether oxygens (including phenoxy) is 4. The van der Waals surface area contributed by atoms with Crippen LogP contribution in [0.2, 0.25) is 0 Å².